The van der Waals surface area contributed by atoms with E-state index in [9.17, 15) is 14.4 Å². The molecule has 0 aromatic heterocycles. The zero-order chi connectivity index (χ0) is 19.3. The van der Waals surface area contributed by atoms with Gasteiger partial charge in [-0.05, 0) is 30.9 Å². The van der Waals surface area contributed by atoms with Crippen LogP contribution in [0.1, 0.15) is 43.4 Å². The lowest BCUT2D eigenvalue weighted by Crippen LogP contribution is -2.48. The number of hydrogen-bond donors (Lipinski definition) is 1. The third-order valence-corrected chi connectivity index (χ3v) is 5.20. The number of hydrogen-bond acceptors (Lipinski definition) is 4. The van der Waals surface area contributed by atoms with E-state index in [2.05, 4.69) is 5.32 Å². The van der Waals surface area contributed by atoms with Crippen LogP contribution in [-0.2, 0) is 20.9 Å². The van der Waals surface area contributed by atoms with E-state index >= 15 is 0 Å². The molecule has 0 radical (unpaired) electrons. The third-order valence-electron chi connectivity index (χ3n) is 5.20. The van der Waals surface area contributed by atoms with Crippen LogP contribution in [0.15, 0.2) is 60.7 Å². The molecule has 1 aliphatic rings. The van der Waals surface area contributed by atoms with Crippen LogP contribution in [0.25, 0.3) is 0 Å². The van der Waals surface area contributed by atoms with Gasteiger partial charge in [-0.3, -0.25) is 9.59 Å². The van der Waals surface area contributed by atoms with Crippen LogP contribution in [0.5, 0.6) is 0 Å². The van der Waals surface area contributed by atoms with Gasteiger partial charge in [0.25, 0.3) is 0 Å². The summed E-state index contributed by atoms with van der Waals surface area (Å²) in [5.41, 5.74) is 0.356. The van der Waals surface area contributed by atoms with Crippen LogP contribution in [-0.4, -0.2) is 17.7 Å². The number of Topliss-reactive ketones (excluding diaryl/α,β-unsaturated/α-hetero) is 2. The normalized spacial score (nSPS) is 20.1. The van der Waals surface area contributed by atoms with E-state index in [-0.39, 0.29) is 18.2 Å². The van der Waals surface area contributed by atoms with Crippen molar-refractivity contribution in [3.63, 3.8) is 0 Å². The van der Waals surface area contributed by atoms with Gasteiger partial charge in [-0.25, -0.2) is 4.79 Å². The third kappa shape index (κ3) is 3.92. The van der Waals surface area contributed by atoms with Gasteiger partial charge in [0.2, 0.25) is 0 Å². The number of benzene rings is 2. The predicted octanol–water partition coefficient (Wildman–Crippen LogP) is 3.98. The lowest BCUT2D eigenvalue weighted by atomic mass is 9.72. The number of rotatable bonds is 6. The molecule has 2 atom stereocenters. The van der Waals surface area contributed by atoms with E-state index in [1.54, 1.807) is 0 Å². The number of carbonyl (C=O) groups excluding carboxylic acids is 3. The highest BCUT2D eigenvalue weighted by Gasteiger charge is 2.53. The van der Waals surface area contributed by atoms with Crippen LogP contribution in [0.4, 0.5) is 4.79 Å². The van der Waals surface area contributed by atoms with Crippen molar-refractivity contribution in [2.45, 2.75) is 38.8 Å². The number of alkyl carbamates (subject to hydrolysis) is 1. The molecule has 0 aliphatic heterocycles. The quantitative estimate of drug-likeness (QED) is 0.786. The molecule has 0 saturated heterocycles. The molecule has 5 heteroatoms. The van der Waals surface area contributed by atoms with E-state index in [1.807, 2.05) is 60.7 Å². The first-order valence-corrected chi connectivity index (χ1v) is 9.10. The molecule has 1 aliphatic carbocycles. The van der Waals surface area contributed by atoms with Gasteiger partial charge in [-0.15, -0.1) is 0 Å². The highest BCUT2D eigenvalue weighted by atomic mass is 16.5. The minimum Gasteiger partial charge on any atom is -0.445 e. The zero-order valence-electron chi connectivity index (χ0n) is 15.3. The summed E-state index contributed by atoms with van der Waals surface area (Å²) in [6.45, 7) is 1.55. The summed E-state index contributed by atoms with van der Waals surface area (Å²) in [5.74, 6) is -0.338. The topological polar surface area (TPSA) is 72.5 Å². The number of amides is 1. The minimum absolute atomic E-state index is 0.118. The molecule has 1 fully saturated rings. The molecule has 0 heterocycles. The number of ether oxygens (including phenoxy) is 1. The maximum atomic E-state index is 12.7. The van der Waals surface area contributed by atoms with Crippen molar-refractivity contribution in [3.05, 3.63) is 71.8 Å². The van der Waals surface area contributed by atoms with E-state index in [4.69, 9.17) is 4.74 Å². The van der Waals surface area contributed by atoms with Gasteiger partial charge >= 0.3 is 6.09 Å². The first-order valence-electron chi connectivity index (χ1n) is 9.10. The SMILES string of the molecule is CC(=O)C1([C@H](NC(=O)OCc2ccccc2)c2ccccc2)CCCC1=O. The molecular formula is C22H23NO4. The summed E-state index contributed by atoms with van der Waals surface area (Å²) in [4.78, 5) is 37.7. The molecule has 0 spiro atoms. The maximum Gasteiger partial charge on any atom is 0.407 e. The molecule has 2 aromatic rings. The molecule has 1 N–H and O–H groups in total. The van der Waals surface area contributed by atoms with Crippen LogP contribution in [0.3, 0.4) is 0 Å². The number of nitrogens with one attached hydrogen (secondary N) is 1. The highest BCUT2D eigenvalue weighted by Crippen LogP contribution is 2.46. The van der Waals surface area contributed by atoms with Gasteiger partial charge in [-0.1, -0.05) is 60.7 Å². The van der Waals surface area contributed by atoms with E-state index in [1.165, 1.54) is 6.92 Å². The lowest BCUT2D eigenvalue weighted by Gasteiger charge is -2.34. The first-order chi connectivity index (χ1) is 13.0. The fourth-order valence-electron chi connectivity index (χ4n) is 3.79. The molecule has 1 amide bonds. The van der Waals surface area contributed by atoms with Crippen molar-refractivity contribution < 1.29 is 19.1 Å². The Balaban J connectivity index is 1.84. The Morgan fingerprint density at radius 1 is 1.07 bits per heavy atom. The smallest absolute Gasteiger partial charge is 0.407 e. The van der Waals surface area contributed by atoms with Gasteiger partial charge < -0.3 is 10.1 Å². The van der Waals surface area contributed by atoms with Gasteiger partial charge in [0.15, 0.2) is 0 Å². The summed E-state index contributed by atoms with van der Waals surface area (Å²) in [5, 5.41) is 2.80. The Kier molecular flexibility index (Phi) is 5.69. The molecule has 27 heavy (non-hydrogen) atoms. The highest BCUT2D eigenvalue weighted by molar-refractivity contribution is 6.08. The Morgan fingerprint density at radius 3 is 2.26 bits per heavy atom. The summed E-state index contributed by atoms with van der Waals surface area (Å²) < 4.78 is 5.33. The molecule has 5 nitrogen and oxygen atoms in total. The van der Waals surface area contributed by atoms with Crippen molar-refractivity contribution in [2.75, 3.05) is 0 Å². The van der Waals surface area contributed by atoms with Crippen molar-refractivity contribution in [3.8, 4) is 0 Å². The molecule has 0 bridgehead atoms. The zero-order valence-corrected chi connectivity index (χ0v) is 15.3. The molecule has 2 aromatic carbocycles. The van der Waals surface area contributed by atoms with Crippen molar-refractivity contribution in [2.24, 2.45) is 5.41 Å². The minimum atomic E-state index is -1.23. The van der Waals surface area contributed by atoms with Gasteiger partial charge in [-0.2, -0.15) is 0 Å². The Labute approximate surface area is 158 Å². The average Bonchev–Trinajstić information content (AvgIpc) is 3.08. The standard InChI is InChI=1S/C22H23NO4/c1-16(24)22(14-8-13-19(22)25)20(18-11-6-3-7-12-18)23-21(26)27-15-17-9-4-2-5-10-17/h2-7,9-12,20H,8,13-15H2,1H3,(H,23,26)/t20-,22?/m1/s1. The maximum absolute atomic E-state index is 12.7. The average molecular weight is 365 g/mol. The second kappa shape index (κ2) is 8.16. The fraction of sp³-hybridized carbons (Fsp3) is 0.318. The van der Waals surface area contributed by atoms with Crippen molar-refractivity contribution >= 4 is 17.7 Å². The van der Waals surface area contributed by atoms with Gasteiger partial charge in [0.1, 0.15) is 23.6 Å². The predicted molar refractivity (Wildman–Crippen MR) is 101 cm³/mol. The fourth-order valence-corrected chi connectivity index (χ4v) is 3.79. The van der Waals surface area contributed by atoms with Gasteiger partial charge in [0.05, 0.1) is 6.04 Å². The number of ketones is 2. The second-order valence-electron chi connectivity index (χ2n) is 6.85. The van der Waals surface area contributed by atoms with Crippen molar-refractivity contribution in [1.29, 1.82) is 0 Å². The van der Waals surface area contributed by atoms with E-state index in [0.717, 1.165) is 11.1 Å². The number of carbonyl (C=O) groups is 3. The van der Waals surface area contributed by atoms with E-state index in [0.29, 0.717) is 19.3 Å². The summed E-state index contributed by atoms with van der Waals surface area (Å²) >= 11 is 0. The summed E-state index contributed by atoms with van der Waals surface area (Å²) in [6, 6.07) is 17.7. The summed E-state index contributed by atoms with van der Waals surface area (Å²) in [6.07, 6.45) is 0.777. The monoisotopic (exact) mass is 365 g/mol. The van der Waals surface area contributed by atoms with E-state index < -0.39 is 17.6 Å². The van der Waals surface area contributed by atoms with Crippen molar-refractivity contribution in [1.82, 2.24) is 5.32 Å². The summed E-state index contributed by atoms with van der Waals surface area (Å²) in [7, 11) is 0. The largest absolute Gasteiger partial charge is 0.445 e. The Bertz CT molecular complexity index is 819. The molecular weight excluding hydrogens is 342 g/mol. The van der Waals surface area contributed by atoms with Crippen LogP contribution >= 0.6 is 0 Å². The lowest BCUT2D eigenvalue weighted by molar-refractivity contribution is -0.139. The van der Waals surface area contributed by atoms with Gasteiger partial charge in [0, 0.05) is 6.42 Å². The van der Waals surface area contributed by atoms with Crippen LogP contribution < -0.4 is 5.32 Å². The second-order valence-corrected chi connectivity index (χ2v) is 6.85. The van der Waals surface area contributed by atoms with Crippen LogP contribution in [0.2, 0.25) is 0 Å². The van der Waals surface area contributed by atoms with Crippen LogP contribution in [0, 0.1) is 5.41 Å². The molecule has 1 saturated carbocycles. The first kappa shape index (κ1) is 18.8. The Hall–Kier alpha value is -2.95. The molecule has 1 unspecified atom stereocenters. The Morgan fingerprint density at radius 2 is 1.70 bits per heavy atom. The molecule has 140 valence electrons. The molecule has 3 rings (SSSR count).